The van der Waals surface area contributed by atoms with Crippen LogP contribution in [0.1, 0.15) is 11.1 Å². The number of anilines is 1. The number of rotatable bonds is 6. The fraction of sp³-hybridized carbons (Fsp3) is 0.286. The van der Waals surface area contributed by atoms with Crippen LogP contribution in [0.4, 0.5) is 5.82 Å². The molecular weight excluding hydrogens is 256 g/mol. The minimum Gasteiger partial charge on any atom is -0.489 e. The van der Waals surface area contributed by atoms with Crippen molar-refractivity contribution < 1.29 is 4.74 Å². The molecule has 2 aromatic rings. The minimum atomic E-state index is -0.303. The van der Waals surface area contributed by atoms with Gasteiger partial charge in [0, 0.05) is 6.54 Å². The van der Waals surface area contributed by atoms with Crippen LogP contribution in [-0.4, -0.2) is 23.6 Å². The first kappa shape index (κ1) is 14.1. The van der Waals surface area contributed by atoms with Crippen LogP contribution in [0.5, 0.6) is 5.75 Å². The van der Waals surface area contributed by atoms with Gasteiger partial charge in [0.2, 0.25) is 5.75 Å². The van der Waals surface area contributed by atoms with Gasteiger partial charge in [-0.15, -0.1) is 0 Å². The van der Waals surface area contributed by atoms with Crippen molar-refractivity contribution in [2.75, 3.05) is 19.0 Å². The number of nitrogens with one attached hydrogen (secondary N) is 2. The van der Waals surface area contributed by atoms with Crippen LogP contribution in [0.3, 0.4) is 0 Å². The SMILES string of the molecule is COc1c(NCc2ccc(CCN)cc2)nc[nH]c1=O. The van der Waals surface area contributed by atoms with Crippen molar-refractivity contribution in [2.45, 2.75) is 13.0 Å². The molecule has 0 bridgehead atoms. The number of hydrogen-bond acceptors (Lipinski definition) is 5. The molecule has 0 saturated heterocycles. The van der Waals surface area contributed by atoms with Gasteiger partial charge in [0.1, 0.15) is 0 Å². The lowest BCUT2D eigenvalue weighted by molar-refractivity contribution is 0.408. The summed E-state index contributed by atoms with van der Waals surface area (Å²) in [7, 11) is 1.44. The summed E-state index contributed by atoms with van der Waals surface area (Å²) in [5, 5.41) is 3.09. The van der Waals surface area contributed by atoms with Crippen LogP contribution >= 0.6 is 0 Å². The molecule has 2 rings (SSSR count). The van der Waals surface area contributed by atoms with Crippen LogP contribution in [-0.2, 0) is 13.0 Å². The predicted octanol–water partition coefficient (Wildman–Crippen LogP) is 0.892. The number of aromatic amines is 1. The molecule has 6 nitrogen and oxygen atoms in total. The first-order valence-electron chi connectivity index (χ1n) is 6.38. The smallest absolute Gasteiger partial charge is 0.295 e. The van der Waals surface area contributed by atoms with E-state index in [1.807, 2.05) is 24.3 Å². The number of ether oxygens (including phenoxy) is 1. The lowest BCUT2D eigenvalue weighted by Gasteiger charge is -2.09. The molecule has 20 heavy (non-hydrogen) atoms. The zero-order valence-corrected chi connectivity index (χ0v) is 11.3. The molecule has 0 saturated carbocycles. The van der Waals surface area contributed by atoms with Gasteiger partial charge >= 0.3 is 0 Å². The third-order valence-electron chi connectivity index (χ3n) is 2.93. The maximum Gasteiger partial charge on any atom is 0.295 e. The minimum absolute atomic E-state index is 0.187. The number of benzene rings is 1. The van der Waals surface area contributed by atoms with Crippen molar-refractivity contribution in [3.63, 3.8) is 0 Å². The highest BCUT2D eigenvalue weighted by atomic mass is 16.5. The number of nitrogens with zero attached hydrogens (tertiary/aromatic N) is 1. The molecule has 0 spiro atoms. The van der Waals surface area contributed by atoms with Crippen LogP contribution < -0.4 is 21.3 Å². The van der Waals surface area contributed by atoms with E-state index in [0.29, 0.717) is 18.9 Å². The van der Waals surface area contributed by atoms with Gasteiger partial charge in [0.15, 0.2) is 5.82 Å². The number of H-pyrrole nitrogens is 1. The maximum atomic E-state index is 11.5. The molecule has 106 valence electrons. The van der Waals surface area contributed by atoms with E-state index in [4.69, 9.17) is 10.5 Å². The third kappa shape index (κ3) is 3.36. The van der Waals surface area contributed by atoms with E-state index in [9.17, 15) is 4.79 Å². The Morgan fingerprint density at radius 2 is 2.00 bits per heavy atom. The Bertz CT molecular complexity index is 607. The summed E-state index contributed by atoms with van der Waals surface area (Å²) in [6, 6.07) is 8.15. The van der Waals surface area contributed by atoms with Crippen molar-refractivity contribution in [1.29, 1.82) is 0 Å². The highest BCUT2D eigenvalue weighted by Crippen LogP contribution is 2.15. The Morgan fingerprint density at radius 1 is 1.30 bits per heavy atom. The summed E-state index contributed by atoms with van der Waals surface area (Å²) in [4.78, 5) is 18.1. The van der Waals surface area contributed by atoms with E-state index in [-0.39, 0.29) is 11.3 Å². The molecule has 0 aliphatic carbocycles. The monoisotopic (exact) mass is 274 g/mol. The highest BCUT2D eigenvalue weighted by Gasteiger charge is 2.08. The zero-order chi connectivity index (χ0) is 14.4. The summed E-state index contributed by atoms with van der Waals surface area (Å²) >= 11 is 0. The highest BCUT2D eigenvalue weighted by molar-refractivity contribution is 5.48. The van der Waals surface area contributed by atoms with Crippen molar-refractivity contribution in [3.8, 4) is 5.75 Å². The van der Waals surface area contributed by atoms with E-state index in [1.54, 1.807) is 0 Å². The molecule has 0 unspecified atom stereocenters. The van der Waals surface area contributed by atoms with Gasteiger partial charge in [-0.1, -0.05) is 24.3 Å². The second kappa shape index (κ2) is 6.72. The molecule has 1 aromatic carbocycles. The first-order valence-corrected chi connectivity index (χ1v) is 6.38. The molecular formula is C14H18N4O2. The van der Waals surface area contributed by atoms with Crippen molar-refractivity contribution >= 4 is 5.82 Å². The second-order valence-electron chi connectivity index (χ2n) is 4.32. The standard InChI is InChI=1S/C14H18N4O2/c1-20-12-13(17-9-18-14(12)19)16-8-11-4-2-10(3-5-11)6-7-15/h2-5,9H,6-8,15H2,1H3,(H2,16,17,18,19). The summed E-state index contributed by atoms with van der Waals surface area (Å²) < 4.78 is 5.03. The van der Waals surface area contributed by atoms with E-state index >= 15 is 0 Å². The van der Waals surface area contributed by atoms with Crippen molar-refractivity contribution in [1.82, 2.24) is 9.97 Å². The molecule has 0 fully saturated rings. The van der Waals surface area contributed by atoms with Gasteiger partial charge in [-0.25, -0.2) is 4.98 Å². The number of methoxy groups -OCH3 is 1. The van der Waals surface area contributed by atoms with Crippen LogP contribution in [0.2, 0.25) is 0 Å². The van der Waals surface area contributed by atoms with Gasteiger partial charge in [-0.3, -0.25) is 4.79 Å². The molecule has 0 radical (unpaired) electrons. The third-order valence-corrected chi connectivity index (χ3v) is 2.93. The molecule has 0 aliphatic rings. The Morgan fingerprint density at radius 3 is 2.65 bits per heavy atom. The molecule has 0 aliphatic heterocycles. The molecule has 1 aromatic heterocycles. The topological polar surface area (TPSA) is 93.0 Å². The normalized spacial score (nSPS) is 10.3. The van der Waals surface area contributed by atoms with E-state index < -0.39 is 0 Å². The second-order valence-corrected chi connectivity index (χ2v) is 4.32. The zero-order valence-electron chi connectivity index (χ0n) is 11.3. The maximum absolute atomic E-state index is 11.5. The molecule has 1 heterocycles. The lowest BCUT2D eigenvalue weighted by Crippen LogP contribution is -2.14. The van der Waals surface area contributed by atoms with Crippen molar-refractivity contribution in [3.05, 3.63) is 52.1 Å². The Hall–Kier alpha value is -2.34. The average molecular weight is 274 g/mol. The summed E-state index contributed by atoms with van der Waals surface area (Å²) in [5.41, 5.74) is 7.51. The summed E-state index contributed by atoms with van der Waals surface area (Å²) in [6.07, 6.45) is 2.22. The Labute approximate surface area is 117 Å². The van der Waals surface area contributed by atoms with Crippen LogP contribution in [0.25, 0.3) is 0 Å². The van der Waals surface area contributed by atoms with Crippen molar-refractivity contribution in [2.24, 2.45) is 5.73 Å². The number of aromatic nitrogens is 2. The van der Waals surface area contributed by atoms with Gasteiger partial charge in [-0.05, 0) is 24.1 Å². The largest absolute Gasteiger partial charge is 0.489 e. The number of nitrogens with two attached hydrogens (primary N) is 1. The van der Waals surface area contributed by atoms with E-state index in [0.717, 1.165) is 12.0 Å². The fourth-order valence-electron chi connectivity index (χ4n) is 1.88. The fourth-order valence-corrected chi connectivity index (χ4v) is 1.88. The van der Waals surface area contributed by atoms with Gasteiger partial charge in [-0.2, -0.15) is 0 Å². The Balaban J connectivity index is 2.05. The predicted molar refractivity (Wildman–Crippen MR) is 77.9 cm³/mol. The van der Waals surface area contributed by atoms with E-state index in [1.165, 1.54) is 19.0 Å². The summed E-state index contributed by atoms with van der Waals surface area (Å²) in [5.74, 6) is 0.620. The quantitative estimate of drug-likeness (QED) is 0.727. The molecule has 0 atom stereocenters. The lowest BCUT2D eigenvalue weighted by atomic mass is 10.1. The first-order chi connectivity index (χ1) is 9.74. The molecule has 0 amide bonds. The van der Waals surface area contributed by atoms with Crippen LogP contribution in [0, 0.1) is 0 Å². The van der Waals surface area contributed by atoms with Gasteiger partial charge in [0.25, 0.3) is 5.56 Å². The number of hydrogen-bond donors (Lipinski definition) is 3. The Kier molecular flexibility index (Phi) is 4.73. The molecule has 4 N–H and O–H groups in total. The van der Waals surface area contributed by atoms with E-state index in [2.05, 4.69) is 15.3 Å². The van der Waals surface area contributed by atoms with Crippen LogP contribution in [0.15, 0.2) is 35.4 Å². The summed E-state index contributed by atoms with van der Waals surface area (Å²) in [6.45, 7) is 1.21. The van der Waals surface area contributed by atoms with Gasteiger partial charge < -0.3 is 20.8 Å². The average Bonchev–Trinajstić information content (AvgIpc) is 2.47. The van der Waals surface area contributed by atoms with Gasteiger partial charge in [0.05, 0.1) is 13.4 Å². The molecule has 6 heteroatoms.